The molecule has 0 amide bonds. The van der Waals surface area contributed by atoms with Crippen LogP contribution in [0.15, 0.2) is 39.9 Å². The molecule has 0 saturated carbocycles. The van der Waals surface area contributed by atoms with Gasteiger partial charge >= 0.3 is 0 Å². The van der Waals surface area contributed by atoms with E-state index in [0.717, 1.165) is 5.76 Å². The Labute approximate surface area is 188 Å². The normalized spacial score (nSPS) is 12.8. The Morgan fingerprint density at radius 1 is 1.28 bits per heavy atom. The Hall–Kier alpha value is -1.88. The molecule has 1 atom stereocenters. The van der Waals surface area contributed by atoms with E-state index in [-0.39, 0.29) is 54.9 Å². The molecule has 9 heteroatoms. The number of aliphatic hydroxyl groups excluding tert-OH is 1. The second kappa shape index (κ2) is 12.0. The van der Waals surface area contributed by atoms with Gasteiger partial charge in [-0.15, -0.1) is 24.0 Å². The van der Waals surface area contributed by atoms with E-state index in [9.17, 15) is 9.50 Å². The van der Waals surface area contributed by atoms with Crippen LogP contribution < -0.4 is 15.4 Å². The van der Waals surface area contributed by atoms with E-state index in [1.165, 1.54) is 24.3 Å². The minimum atomic E-state index is -0.761. The van der Waals surface area contributed by atoms with Crippen molar-refractivity contribution in [3.8, 4) is 5.75 Å². The number of oxazole rings is 1. The zero-order chi connectivity index (χ0) is 20.6. The average Bonchev–Trinajstić information content (AvgIpc) is 3.13. The zero-order valence-corrected chi connectivity index (χ0v) is 19.6. The van der Waals surface area contributed by atoms with Crippen LogP contribution in [0.4, 0.5) is 4.39 Å². The van der Waals surface area contributed by atoms with E-state index < -0.39 is 6.10 Å². The molecule has 0 fully saturated rings. The highest BCUT2D eigenvalue weighted by Crippen LogP contribution is 2.22. The van der Waals surface area contributed by atoms with E-state index in [1.54, 1.807) is 6.20 Å². The van der Waals surface area contributed by atoms with Crippen LogP contribution >= 0.6 is 24.0 Å². The molecular weight excluding hydrogens is 490 g/mol. The van der Waals surface area contributed by atoms with Gasteiger partial charge in [0, 0.05) is 18.5 Å². The Kier molecular flexibility index (Phi) is 10.4. The molecule has 7 nitrogen and oxygen atoms in total. The van der Waals surface area contributed by atoms with Gasteiger partial charge in [-0.05, 0) is 31.2 Å². The Morgan fingerprint density at radius 2 is 1.97 bits per heavy atom. The van der Waals surface area contributed by atoms with Crippen molar-refractivity contribution in [2.45, 2.75) is 45.8 Å². The van der Waals surface area contributed by atoms with Crippen LogP contribution in [0.5, 0.6) is 5.75 Å². The summed E-state index contributed by atoms with van der Waals surface area (Å²) in [6.45, 7) is 9.40. The van der Waals surface area contributed by atoms with E-state index in [0.29, 0.717) is 24.1 Å². The first-order valence-electron chi connectivity index (χ1n) is 9.31. The minimum Gasteiger partial charge on any atom is -0.491 e. The summed E-state index contributed by atoms with van der Waals surface area (Å²) in [5.74, 6) is 2.05. The number of aliphatic imine (C=N–C) groups is 1. The monoisotopic (exact) mass is 520 g/mol. The molecule has 29 heavy (non-hydrogen) atoms. The fraction of sp³-hybridized carbons (Fsp3) is 0.500. The number of guanidine groups is 1. The number of nitrogens with zero attached hydrogens (tertiary/aromatic N) is 2. The third kappa shape index (κ3) is 8.99. The summed E-state index contributed by atoms with van der Waals surface area (Å²) in [6, 6.07) is 5.65. The average molecular weight is 520 g/mol. The lowest BCUT2D eigenvalue weighted by Gasteiger charge is -2.16. The Morgan fingerprint density at radius 3 is 2.55 bits per heavy atom. The Balaban J connectivity index is 0.00000420. The molecule has 2 aromatic rings. The first-order chi connectivity index (χ1) is 13.3. The van der Waals surface area contributed by atoms with Crippen LogP contribution in [-0.4, -0.2) is 41.9 Å². The lowest BCUT2D eigenvalue weighted by Crippen LogP contribution is -2.42. The number of aliphatic hydroxyl groups is 1. The second-order valence-electron chi connectivity index (χ2n) is 7.36. The van der Waals surface area contributed by atoms with Crippen molar-refractivity contribution in [1.29, 1.82) is 0 Å². The van der Waals surface area contributed by atoms with Gasteiger partial charge in [0.15, 0.2) is 5.96 Å². The summed E-state index contributed by atoms with van der Waals surface area (Å²) in [7, 11) is 0. The van der Waals surface area contributed by atoms with Crippen LogP contribution in [0.25, 0.3) is 0 Å². The number of nitrogens with one attached hydrogen (secondary N) is 2. The molecule has 0 aliphatic rings. The van der Waals surface area contributed by atoms with Gasteiger partial charge in [-0.1, -0.05) is 20.8 Å². The van der Waals surface area contributed by atoms with Crippen LogP contribution in [0.1, 0.15) is 39.3 Å². The van der Waals surface area contributed by atoms with Gasteiger partial charge < -0.3 is 24.9 Å². The molecular formula is C20H30FIN4O3. The van der Waals surface area contributed by atoms with Gasteiger partial charge in [0.05, 0.1) is 6.20 Å². The number of ether oxygens (including phenoxy) is 1. The number of hydrogen-bond donors (Lipinski definition) is 3. The molecule has 0 aliphatic carbocycles. The minimum absolute atomic E-state index is 0. The lowest BCUT2D eigenvalue weighted by molar-refractivity contribution is 0.110. The van der Waals surface area contributed by atoms with Crippen molar-refractivity contribution < 1.29 is 18.7 Å². The van der Waals surface area contributed by atoms with Gasteiger partial charge in [-0.2, -0.15) is 0 Å². The molecule has 0 bridgehead atoms. The maximum absolute atomic E-state index is 12.9. The van der Waals surface area contributed by atoms with E-state index >= 15 is 0 Å². The highest BCUT2D eigenvalue weighted by atomic mass is 127. The smallest absolute Gasteiger partial charge is 0.216 e. The molecule has 2 rings (SSSR count). The number of aromatic nitrogens is 1. The van der Waals surface area contributed by atoms with E-state index in [4.69, 9.17) is 9.15 Å². The highest BCUT2D eigenvalue weighted by Gasteiger charge is 2.19. The van der Waals surface area contributed by atoms with Crippen molar-refractivity contribution >= 4 is 29.9 Å². The molecule has 1 aromatic carbocycles. The second-order valence-corrected chi connectivity index (χ2v) is 7.36. The van der Waals surface area contributed by atoms with Gasteiger partial charge in [0.1, 0.15) is 36.6 Å². The van der Waals surface area contributed by atoms with Gasteiger partial charge in [0.2, 0.25) is 5.89 Å². The standard InChI is InChI=1S/C20H29FN4O3.HI/c1-5-22-19(25-12-18-23-11-17(28-18)20(2,3)4)24-10-15(26)13-27-16-8-6-14(21)7-9-16;/h6-9,11,15,26H,5,10,12-13H2,1-4H3,(H2,22,24,25);1H. The van der Waals surface area contributed by atoms with Crippen LogP contribution in [0, 0.1) is 5.82 Å². The quantitative estimate of drug-likeness (QED) is 0.281. The summed E-state index contributed by atoms with van der Waals surface area (Å²) in [5, 5.41) is 16.2. The molecule has 0 aliphatic heterocycles. The first-order valence-corrected chi connectivity index (χ1v) is 9.31. The largest absolute Gasteiger partial charge is 0.491 e. The molecule has 162 valence electrons. The predicted octanol–water partition coefficient (Wildman–Crippen LogP) is 3.22. The molecule has 1 unspecified atom stereocenters. The van der Waals surface area contributed by atoms with E-state index in [1.807, 2.05) is 6.92 Å². The van der Waals surface area contributed by atoms with Gasteiger partial charge in [0.25, 0.3) is 0 Å². The van der Waals surface area contributed by atoms with Crippen molar-refractivity contribution in [1.82, 2.24) is 15.6 Å². The molecule has 1 heterocycles. The summed E-state index contributed by atoms with van der Waals surface area (Å²) in [4.78, 5) is 8.68. The van der Waals surface area contributed by atoms with Crippen LogP contribution in [-0.2, 0) is 12.0 Å². The molecule has 3 N–H and O–H groups in total. The summed E-state index contributed by atoms with van der Waals surface area (Å²) < 4.78 is 24.0. The number of halogens is 2. The first kappa shape index (κ1) is 25.2. The topological polar surface area (TPSA) is 91.9 Å². The van der Waals surface area contributed by atoms with Crippen molar-refractivity contribution in [2.24, 2.45) is 4.99 Å². The highest BCUT2D eigenvalue weighted by molar-refractivity contribution is 14.0. The molecule has 0 radical (unpaired) electrons. The predicted molar refractivity (Wildman–Crippen MR) is 121 cm³/mol. The Bertz CT molecular complexity index is 760. The van der Waals surface area contributed by atoms with Crippen molar-refractivity contribution in [2.75, 3.05) is 19.7 Å². The fourth-order valence-electron chi connectivity index (χ4n) is 2.22. The number of rotatable bonds is 8. The third-order valence-electron chi connectivity index (χ3n) is 3.77. The van der Waals surface area contributed by atoms with Crippen molar-refractivity contribution in [3.05, 3.63) is 47.9 Å². The van der Waals surface area contributed by atoms with Gasteiger partial charge in [-0.25, -0.2) is 14.4 Å². The molecule has 0 spiro atoms. The number of benzene rings is 1. The lowest BCUT2D eigenvalue weighted by atomic mass is 9.94. The SMILES string of the molecule is CCNC(=NCc1ncc(C(C)(C)C)o1)NCC(O)COc1ccc(F)cc1.I. The summed E-state index contributed by atoms with van der Waals surface area (Å²) in [6.07, 6.45) is 0.963. The van der Waals surface area contributed by atoms with Crippen molar-refractivity contribution in [3.63, 3.8) is 0 Å². The third-order valence-corrected chi connectivity index (χ3v) is 3.77. The summed E-state index contributed by atoms with van der Waals surface area (Å²) in [5.41, 5.74) is -0.105. The van der Waals surface area contributed by atoms with Gasteiger partial charge in [-0.3, -0.25) is 0 Å². The summed E-state index contributed by atoms with van der Waals surface area (Å²) >= 11 is 0. The fourth-order valence-corrected chi connectivity index (χ4v) is 2.22. The number of hydrogen-bond acceptors (Lipinski definition) is 5. The van der Waals surface area contributed by atoms with E-state index in [2.05, 4.69) is 41.4 Å². The maximum Gasteiger partial charge on any atom is 0.216 e. The molecule has 1 aromatic heterocycles. The molecule has 0 saturated heterocycles. The van der Waals surface area contributed by atoms with Crippen LogP contribution in [0.2, 0.25) is 0 Å². The maximum atomic E-state index is 12.9. The van der Waals surface area contributed by atoms with Crippen LogP contribution in [0.3, 0.4) is 0 Å². The zero-order valence-electron chi connectivity index (χ0n) is 17.2.